The molecule has 0 saturated heterocycles. The minimum absolute atomic E-state index is 0.851. The quantitative estimate of drug-likeness (QED) is 0.176. The van der Waals surface area contributed by atoms with Crippen LogP contribution in [0.25, 0.3) is 96.3 Å². The van der Waals surface area contributed by atoms with Crippen LogP contribution in [0.4, 0.5) is 17.1 Å². The van der Waals surface area contributed by atoms with Crippen LogP contribution in [0.5, 0.6) is 11.5 Å². The summed E-state index contributed by atoms with van der Waals surface area (Å²) >= 11 is 1.88. The number of hydrogen-bond acceptors (Lipinski definition) is 3. The highest BCUT2D eigenvalue weighted by Crippen LogP contribution is 2.50. The molecule has 0 fully saturated rings. The monoisotopic (exact) mass is 819 g/mol. The van der Waals surface area contributed by atoms with Crippen LogP contribution in [-0.4, -0.2) is 0 Å². The normalized spacial score (nSPS) is 11.9. The third-order valence-electron chi connectivity index (χ3n) is 12.9. The maximum Gasteiger partial charge on any atom is 0.135 e. The summed E-state index contributed by atoms with van der Waals surface area (Å²) < 4.78 is 9.19. The molecular weight excluding hydrogens is 783 g/mol. The smallest absolute Gasteiger partial charge is 0.135 e. The van der Waals surface area contributed by atoms with Crippen molar-refractivity contribution in [3.8, 4) is 33.8 Å². The number of ether oxygens (including phenoxy) is 1. The second-order valence-electron chi connectivity index (χ2n) is 16.3. The van der Waals surface area contributed by atoms with Crippen LogP contribution < -0.4 is 9.64 Å². The molecule has 13 rings (SSSR count). The number of rotatable bonds is 3. The van der Waals surface area contributed by atoms with E-state index in [-0.39, 0.29) is 0 Å². The van der Waals surface area contributed by atoms with Gasteiger partial charge in [-0.2, -0.15) is 0 Å². The molecular formula is C60H37NOS. The Morgan fingerprint density at radius 1 is 0.270 bits per heavy atom. The molecule has 0 spiro atoms. The van der Waals surface area contributed by atoms with Gasteiger partial charge in [0.05, 0.1) is 0 Å². The highest BCUT2D eigenvalue weighted by Gasteiger charge is 2.23. The van der Waals surface area contributed by atoms with E-state index in [1.54, 1.807) is 0 Å². The molecule has 11 aromatic carbocycles. The van der Waals surface area contributed by atoms with Crippen LogP contribution >= 0.6 is 11.3 Å². The molecule has 0 aliphatic carbocycles. The molecule has 0 N–H and O–H groups in total. The summed E-state index contributed by atoms with van der Waals surface area (Å²) in [6.45, 7) is 0. The van der Waals surface area contributed by atoms with Crippen molar-refractivity contribution in [3.63, 3.8) is 0 Å². The first-order valence-corrected chi connectivity index (χ1v) is 22.3. The van der Waals surface area contributed by atoms with Gasteiger partial charge in [-0.1, -0.05) is 164 Å². The van der Waals surface area contributed by atoms with E-state index in [1.807, 2.05) is 23.5 Å². The predicted octanol–water partition coefficient (Wildman–Crippen LogP) is 17.9. The fourth-order valence-corrected chi connectivity index (χ4v) is 11.2. The Bertz CT molecular complexity index is 3900. The lowest BCUT2D eigenvalue weighted by atomic mass is 9.92. The van der Waals surface area contributed by atoms with Gasteiger partial charge >= 0.3 is 0 Å². The van der Waals surface area contributed by atoms with Gasteiger partial charge in [0.25, 0.3) is 0 Å². The lowest BCUT2D eigenvalue weighted by Gasteiger charge is -2.27. The van der Waals surface area contributed by atoms with Crippen LogP contribution in [0.1, 0.15) is 0 Å². The Morgan fingerprint density at radius 2 is 0.746 bits per heavy atom. The van der Waals surface area contributed by atoms with E-state index in [9.17, 15) is 0 Å². The Kier molecular flexibility index (Phi) is 8.12. The van der Waals surface area contributed by atoms with Gasteiger partial charge in [0.1, 0.15) is 11.5 Å². The van der Waals surface area contributed by atoms with Gasteiger partial charge in [-0.05, 0) is 126 Å². The number of fused-ring (bicyclic) bond motifs is 19. The second kappa shape index (κ2) is 14.3. The predicted molar refractivity (Wildman–Crippen MR) is 270 cm³/mol. The molecule has 1 aromatic heterocycles. The van der Waals surface area contributed by atoms with E-state index in [1.165, 1.54) is 74.0 Å². The largest absolute Gasteiger partial charge is 0.456 e. The fourth-order valence-electron chi connectivity index (χ4n) is 10.1. The Hall–Kier alpha value is -7.98. The average molecular weight is 820 g/mol. The fraction of sp³-hybridized carbons (Fsp3) is 0. The van der Waals surface area contributed by atoms with Crippen molar-refractivity contribution < 1.29 is 4.74 Å². The molecule has 3 heteroatoms. The average Bonchev–Trinajstić information content (AvgIpc) is 3.66. The zero-order valence-electron chi connectivity index (χ0n) is 34.1. The summed E-state index contributed by atoms with van der Waals surface area (Å²) in [6, 6.07) is 82.0. The summed E-state index contributed by atoms with van der Waals surface area (Å²) in [4.78, 5) is 2.41. The van der Waals surface area contributed by atoms with Crippen LogP contribution in [0, 0.1) is 0 Å². The molecule has 0 bridgehead atoms. The van der Waals surface area contributed by atoms with Gasteiger partial charge in [-0.15, -0.1) is 11.3 Å². The van der Waals surface area contributed by atoms with Gasteiger partial charge < -0.3 is 9.64 Å². The lowest BCUT2D eigenvalue weighted by molar-refractivity contribution is 0.488. The molecule has 2 nitrogen and oxygen atoms in total. The molecule has 1 aliphatic heterocycles. The second-order valence-corrected chi connectivity index (χ2v) is 17.4. The van der Waals surface area contributed by atoms with Gasteiger partial charge in [-0.25, -0.2) is 0 Å². The van der Waals surface area contributed by atoms with Crippen molar-refractivity contribution in [2.45, 2.75) is 0 Å². The molecule has 2 heterocycles. The molecule has 12 aromatic rings. The van der Waals surface area contributed by atoms with E-state index in [0.717, 1.165) is 50.8 Å². The maximum atomic E-state index is 6.61. The Morgan fingerprint density at radius 3 is 1.43 bits per heavy atom. The molecule has 0 unspecified atom stereocenters. The third-order valence-corrected chi connectivity index (χ3v) is 14.0. The minimum atomic E-state index is 0.851. The maximum absolute atomic E-state index is 6.61. The third kappa shape index (κ3) is 5.64. The Labute approximate surface area is 368 Å². The van der Waals surface area contributed by atoms with E-state index in [0.29, 0.717) is 0 Å². The summed E-state index contributed by atoms with van der Waals surface area (Å²) in [6.07, 6.45) is 0. The van der Waals surface area contributed by atoms with Gasteiger partial charge in [0.15, 0.2) is 0 Å². The standard InChI is InChI=1S/C60H37NOS/c1-2-16-38(17-3-1)61(39-31-33-47-48-23-10-13-27-55(48)62-56-28-14-11-24-49(56)53(47)36-39)40-30-32-46-44-21-7-5-19-42(44)41-18-4-6-20-43(41)45-22-8-9-25-50(45)59-51(54(46)37-40)34-35-58-60(59)52-26-12-15-29-57(52)63-58/h1-37H. The van der Waals surface area contributed by atoms with Gasteiger partial charge in [0, 0.05) is 48.4 Å². The van der Waals surface area contributed by atoms with E-state index < -0.39 is 0 Å². The molecule has 294 valence electrons. The number of nitrogens with zero attached hydrogens (tertiary/aromatic N) is 1. The van der Waals surface area contributed by atoms with E-state index in [2.05, 4.69) is 217 Å². The number of hydrogen-bond donors (Lipinski definition) is 0. The summed E-state index contributed by atoms with van der Waals surface area (Å²) in [5.74, 6) is 1.71. The summed E-state index contributed by atoms with van der Waals surface area (Å²) in [5, 5.41) is 14.8. The van der Waals surface area contributed by atoms with Crippen molar-refractivity contribution in [2.24, 2.45) is 0 Å². The lowest BCUT2D eigenvalue weighted by Crippen LogP contribution is -2.10. The molecule has 0 radical (unpaired) electrons. The van der Waals surface area contributed by atoms with Crippen LogP contribution in [-0.2, 0) is 0 Å². The molecule has 0 amide bonds. The van der Waals surface area contributed by atoms with Crippen molar-refractivity contribution in [1.82, 2.24) is 0 Å². The summed E-state index contributed by atoms with van der Waals surface area (Å²) in [7, 11) is 0. The van der Waals surface area contributed by atoms with Crippen LogP contribution in [0.2, 0.25) is 0 Å². The van der Waals surface area contributed by atoms with Crippen molar-refractivity contribution in [2.75, 3.05) is 4.90 Å². The molecule has 0 atom stereocenters. The highest BCUT2D eigenvalue weighted by molar-refractivity contribution is 7.26. The van der Waals surface area contributed by atoms with E-state index in [4.69, 9.17) is 4.74 Å². The van der Waals surface area contributed by atoms with Gasteiger partial charge in [0.2, 0.25) is 0 Å². The van der Waals surface area contributed by atoms with Gasteiger partial charge in [-0.3, -0.25) is 0 Å². The summed E-state index contributed by atoms with van der Waals surface area (Å²) in [5.41, 5.74) is 7.65. The van der Waals surface area contributed by atoms with Crippen molar-refractivity contribution in [1.29, 1.82) is 0 Å². The van der Waals surface area contributed by atoms with Crippen LogP contribution in [0.3, 0.4) is 0 Å². The molecule has 63 heavy (non-hydrogen) atoms. The SMILES string of the molecule is c1ccc(N(c2ccc3c(c2)-c2ccccc2Oc2ccccc2-3)c2ccc3c4ccccc4c4ccccc4c4ccccc4c4c(ccc5sc6ccccc6c54)c3c2)cc1. The highest BCUT2D eigenvalue weighted by atomic mass is 32.1. The topological polar surface area (TPSA) is 12.5 Å². The number of thiophene rings is 1. The zero-order valence-corrected chi connectivity index (χ0v) is 34.9. The zero-order chi connectivity index (χ0) is 41.4. The number of para-hydroxylation sites is 3. The molecule has 0 saturated carbocycles. The van der Waals surface area contributed by atoms with Crippen molar-refractivity contribution in [3.05, 3.63) is 224 Å². The minimum Gasteiger partial charge on any atom is -0.456 e. The van der Waals surface area contributed by atoms with E-state index >= 15 is 0 Å². The molecule has 1 aliphatic rings. The first-order valence-electron chi connectivity index (χ1n) is 21.5. The number of benzene rings is 10. The van der Waals surface area contributed by atoms with Crippen molar-refractivity contribution >= 4 is 102 Å². The first kappa shape index (κ1) is 35.7. The van der Waals surface area contributed by atoms with Crippen LogP contribution in [0.15, 0.2) is 224 Å². The Balaban J connectivity index is 1.20. The first-order chi connectivity index (χ1) is 31.3. The number of anilines is 3.